The Morgan fingerprint density at radius 3 is 2.33 bits per heavy atom. The molecule has 4 N–H and O–H groups in total. The first-order valence-electron chi connectivity index (χ1n) is 10.6. The van der Waals surface area contributed by atoms with Crippen molar-refractivity contribution in [3.05, 3.63) is 81.4 Å². The number of hydrogen-bond acceptors (Lipinski definition) is 6. The molecule has 0 aliphatic carbocycles. The van der Waals surface area contributed by atoms with Crippen molar-refractivity contribution in [2.24, 2.45) is 0 Å². The van der Waals surface area contributed by atoms with Crippen LogP contribution < -0.4 is 0 Å². The summed E-state index contributed by atoms with van der Waals surface area (Å²) in [5.41, 5.74) is 1.79. The van der Waals surface area contributed by atoms with E-state index in [1.807, 2.05) is 32.0 Å². The van der Waals surface area contributed by atoms with E-state index in [1.54, 1.807) is 35.6 Å². The number of aliphatic hydroxyl groups excluding tert-OH is 4. The fraction of sp³-hybridized carbons (Fsp3) is 0.360. The van der Waals surface area contributed by atoms with Crippen molar-refractivity contribution in [3.63, 3.8) is 0 Å². The molecule has 3 aromatic rings. The molecular formula is C25H26ClFO5S. The molecule has 1 aliphatic heterocycles. The summed E-state index contributed by atoms with van der Waals surface area (Å²) >= 11 is 8.17. The number of benzene rings is 2. The zero-order chi connectivity index (χ0) is 23.9. The predicted molar refractivity (Wildman–Crippen MR) is 126 cm³/mol. The topological polar surface area (TPSA) is 90.2 Å². The molecule has 5 unspecified atom stereocenters. The molecule has 5 atom stereocenters. The molecule has 2 heterocycles. The minimum absolute atomic E-state index is 0.285. The maximum Gasteiger partial charge on any atom is 0.123 e. The summed E-state index contributed by atoms with van der Waals surface area (Å²) in [4.78, 5) is 2.04. The Kier molecular flexibility index (Phi) is 6.94. The van der Waals surface area contributed by atoms with E-state index in [9.17, 15) is 24.8 Å². The Morgan fingerprint density at radius 2 is 1.67 bits per heavy atom. The normalized spacial score (nSPS) is 25.9. The van der Waals surface area contributed by atoms with E-state index in [4.69, 9.17) is 16.3 Å². The third-order valence-electron chi connectivity index (χ3n) is 6.24. The Bertz CT molecular complexity index is 1110. The predicted octanol–water partition coefficient (Wildman–Crippen LogP) is 4.05. The number of halogens is 2. The first-order valence-corrected chi connectivity index (χ1v) is 11.8. The summed E-state index contributed by atoms with van der Waals surface area (Å²) in [7, 11) is 0. The van der Waals surface area contributed by atoms with Crippen LogP contribution in [0.4, 0.5) is 4.39 Å². The average molecular weight is 493 g/mol. The van der Waals surface area contributed by atoms with Gasteiger partial charge in [-0.1, -0.05) is 49.7 Å². The average Bonchev–Trinajstić information content (AvgIpc) is 3.30. The van der Waals surface area contributed by atoms with E-state index in [0.717, 1.165) is 20.9 Å². The molecule has 8 heteroatoms. The van der Waals surface area contributed by atoms with Crippen molar-refractivity contribution in [1.29, 1.82) is 0 Å². The van der Waals surface area contributed by atoms with Gasteiger partial charge in [0.15, 0.2) is 0 Å². The summed E-state index contributed by atoms with van der Waals surface area (Å²) in [6, 6.07) is 15.6. The maximum absolute atomic E-state index is 13.3. The van der Waals surface area contributed by atoms with E-state index in [1.165, 1.54) is 12.1 Å². The summed E-state index contributed by atoms with van der Waals surface area (Å²) < 4.78 is 19.0. The van der Waals surface area contributed by atoms with Gasteiger partial charge in [0.1, 0.15) is 36.3 Å². The second kappa shape index (κ2) is 9.43. The Morgan fingerprint density at radius 1 is 0.970 bits per heavy atom. The SMILES string of the molecule is CC(C)(c1ccc(-c2ccc(F)cc2)s1)c1cc(C2OC(CO)C(O)C(O)C2O)ccc1Cl. The van der Waals surface area contributed by atoms with E-state index in [-0.39, 0.29) is 5.82 Å². The van der Waals surface area contributed by atoms with Gasteiger partial charge in [-0.15, -0.1) is 11.3 Å². The van der Waals surface area contributed by atoms with Crippen LogP contribution >= 0.6 is 22.9 Å². The second-order valence-corrected chi connectivity index (χ2v) is 10.3. The van der Waals surface area contributed by atoms with Gasteiger partial charge < -0.3 is 25.2 Å². The molecule has 1 aromatic heterocycles. The minimum atomic E-state index is -1.45. The highest BCUT2D eigenvalue weighted by atomic mass is 35.5. The van der Waals surface area contributed by atoms with E-state index in [0.29, 0.717) is 10.6 Å². The molecule has 4 rings (SSSR count). The summed E-state index contributed by atoms with van der Waals surface area (Å²) in [5, 5.41) is 40.8. The van der Waals surface area contributed by atoms with Crippen LogP contribution in [0.2, 0.25) is 5.02 Å². The molecular weight excluding hydrogens is 467 g/mol. The number of aliphatic hydroxyl groups is 4. The molecule has 176 valence electrons. The summed E-state index contributed by atoms with van der Waals surface area (Å²) in [5.74, 6) is -0.285. The fourth-order valence-electron chi connectivity index (χ4n) is 4.15. The zero-order valence-corrected chi connectivity index (χ0v) is 19.7. The highest BCUT2D eigenvalue weighted by Gasteiger charge is 2.44. The van der Waals surface area contributed by atoms with E-state index >= 15 is 0 Å². The van der Waals surface area contributed by atoms with Crippen LogP contribution in [0.5, 0.6) is 0 Å². The van der Waals surface area contributed by atoms with Crippen LogP contribution in [0.25, 0.3) is 10.4 Å². The number of thiophene rings is 1. The van der Waals surface area contributed by atoms with Gasteiger partial charge >= 0.3 is 0 Å². The second-order valence-electron chi connectivity index (χ2n) is 8.78. The van der Waals surface area contributed by atoms with Crippen LogP contribution in [0.15, 0.2) is 54.6 Å². The Hall–Kier alpha value is -1.84. The third kappa shape index (κ3) is 4.59. The molecule has 2 aromatic carbocycles. The molecule has 0 amide bonds. The van der Waals surface area contributed by atoms with E-state index < -0.39 is 42.5 Å². The van der Waals surface area contributed by atoms with Gasteiger partial charge in [0, 0.05) is 20.2 Å². The molecule has 0 bridgehead atoms. The standard InChI is InChI=1S/C25H26ClFO5S/c1-25(2,20-10-9-19(33-20)13-3-6-15(27)7-4-13)16-11-14(5-8-17(16)26)24-23(31)22(30)21(29)18(12-28)32-24/h3-11,18,21-24,28-31H,12H2,1-2H3. The quantitative estimate of drug-likeness (QED) is 0.431. The summed E-state index contributed by atoms with van der Waals surface area (Å²) in [6.07, 6.45) is -6.17. The van der Waals surface area contributed by atoms with Gasteiger partial charge in [-0.2, -0.15) is 0 Å². The van der Waals surface area contributed by atoms with Crippen LogP contribution in [-0.2, 0) is 10.2 Å². The number of ether oxygens (including phenoxy) is 1. The van der Waals surface area contributed by atoms with Gasteiger partial charge in [0.05, 0.1) is 6.61 Å². The molecule has 0 saturated carbocycles. The van der Waals surface area contributed by atoms with Crippen LogP contribution in [0, 0.1) is 5.82 Å². The van der Waals surface area contributed by atoms with Crippen molar-refractivity contribution in [3.8, 4) is 10.4 Å². The molecule has 33 heavy (non-hydrogen) atoms. The molecule has 1 aliphatic rings. The lowest BCUT2D eigenvalue weighted by Gasteiger charge is -2.40. The van der Waals surface area contributed by atoms with Gasteiger partial charge in [-0.05, 0) is 47.0 Å². The molecule has 1 saturated heterocycles. The van der Waals surface area contributed by atoms with Crippen molar-refractivity contribution < 1.29 is 29.6 Å². The first-order chi connectivity index (χ1) is 15.6. The molecule has 1 fully saturated rings. The molecule has 5 nitrogen and oxygen atoms in total. The lowest BCUT2D eigenvalue weighted by molar-refractivity contribution is -0.231. The maximum atomic E-state index is 13.3. The minimum Gasteiger partial charge on any atom is -0.394 e. The van der Waals surface area contributed by atoms with Crippen molar-refractivity contribution in [1.82, 2.24) is 0 Å². The zero-order valence-electron chi connectivity index (χ0n) is 18.2. The van der Waals surface area contributed by atoms with Crippen LogP contribution in [0.1, 0.15) is 36.0 Å². The number of rotatable bonds is 5. The van der Waals surface area contributed by atoms with E-state index in [2.05, 4.69) is 0 Å². The first kappa shape index (κ1) is 24.3. The summed E-state index contributed by atoms with van der Waals surface area (Å²) in [6.45, 7) is 3.58. The molecule has 0 spiro atoms. The molecule has 0 radical (unpaired) electrons. The van der Waals surface area contributed by atoms with Gasteiger partial charge in [0.2, 0.25) is 0 Å². The smallest absolute Gasteiger partial charge is 0.123 e. The number of hydrogen-bond donors (Lipinski definition) is 4. The van der Waals surface area contributed by atoms with Gasteiger partial charge in [-0.25, -0.2) is 4.39 Å². The van der Waals surface area contributed by atoms with Crippen molar-refractivity contribution in [2.75, 3.05) is 6.61 Å². The highest BCUT2D eigenvalue weighted by Crippen LogP contribution is 2.43. The monoisotopic (exact) mass is 492 g/mol. The third-order valence-corrected chi connectivity index (χ3v) is 8.02. The lowest BCUT2D eigenvalue weighted by Crippen LogP contribution is -2.55. The van der Waals surface area contributed by atoms with Crippen molar-refractivity contribution >= 4 is 22.9 Å². The van der Waals surface area contributed by atoms with Crippen molar-refractivity contribution in [2.45, 2.75) is 49.8 Å². The Labute approximate surface area is 200 Å². The van der Waals surface area contributed by atoms with Gasteiger partial charge in [-0.3, -0.25) is 0 Å². The van der Waals surface area contributed by atoms with Crippen LogP contribution in [0.3, 0.4) is 0 Å². The fourth-order valence-corrected chi connectivity index (χ4v) is 5.63. The van der Waals surface area contributed by atoms with Crippen LogP contribution in [-0.4, -0.2) is 51.4 Å². The van der Waals surface area contributed by atoms with Gasteiger partial charge in [0.25, 0.3) is 0 Å². The Balaban J connectivity index is 1.68. The highest BCUT2D eigenvalue weighted by molar-refractivity contribution is 7.15. The largest absolute Gasteiger partial charge is 0.394 e. The lowest BCUT2D eigenvalue weighted by atomic mass is 9.81.